The largest absolute Gasteiger partial charge is 0.361 e. The van der Waals surface area contributed by atoms with Gasteiger partial charge in [-0.25, -0.2) is 24.9 Å². The summed E-state index contributed by atoms with van der Waals surface area (Å²) in [5.41, 5.74) is 2.51. The molecule has 0 bridgehead atoms. The topological polar surface area (TPSA) is 201 Å². The first-order valence-electron chi connectivity index (χ1n) is 25.0. The first-order valence-corrected chi connectivity index (χ1v) is 25.0. The van der Waals surface area contributed by atoms with Crippen LogP contribution in [0, 0.1) is 23.7 Å². The average molecular weight is 972 g/mol. The Kier molecular flexibility index (Phi) is 29.3. The van der Waals surface area contributed by atoms with Gasteiger partial charge in [0.1, 0.15) is 42.3 Å². The molecule has 4 aromatic rings. The summed E-state index contributed by atoms with van der Waals surface area (Å²) in [6.45, 7) is 37.8. The number of hydrogen-bond donors (Lipinski definition) is 1. The van der Waals surface area contributed by atoms with E-state index in [1.54, 1.807) is 22.0 Å². The lowest BCUT2D eigenvalue weighted by molar-refractivity contribution is 0.228. The zero-order valence-corrected chi connectivity index (χ0v) is 47.3. The van der Waals surface area contributed by atoms with Crippen molar-refractivity contribution in [1.29, 1.82) is 0 Å². The molecule has 1 N–H and O–H groups in total. The maximum atomic E-state index is 4.34. The second-order valence-corrected chi connectivity index (χ2v) is 20.2. The van der Waals surface area contributed by atoms with Crippen molar-refractivity contribution in [1.82, 2.24) is 64.2 Å². The third-order valence-corrected chi connectivity index (χ3v) is 10.9. The van der Waals surface area contributed by atoms with Gasteiger partial charge in [-0.2, -0.15) is 25.5 Å². The van der Waals surface area contributed by atoms with E-state index in [1.807, 2.05) is 50.7 Å². The predicted molar refractivity (Wildman–Crippen MR) is 290 cm³/mol. The molecule has 2 unspecified atom stereocenters. The van der Waals surface area contributed by atoms with Crippen LogP contribution in [0.2, 0.25) is 0 Å². The number of aromatic nitrogens is 11. The number of likely N-dealkylation sites (N-methyl/N-ethyl adjacent to an activating group) is 1. The minimum absolute atomic E-state index is 0.432. The summed E-state index contributed by atoms with van der Waals surface area (Å²) in [4.78, 5) is 30.8. The highest BCUT2D eigenvalue weighted by Crippen LogP contribution is 2.20. The molecule has 392 valence electrons. The van der Waals surface area contributed by atoms with Crippen molar-refractivity contribution in [3.63, 3.8) is 0 Å². The SMILES string of the molecule is CC(C)C1=CCC=N1.CC(C)C1=NCN=N1.CC(C)C1CN=CN1C.CC(C)c1nccn1C.CC(C)c1ncn(C)n1.CC(C)c1ncn[nH]1.CC(C)c1ncnn1C.CC1=NN(C)C(C(C)C)C1. The monoisotopic (exact) mass is 972 g/mol. The number of azo groups is 1. The first-order chi connectivity index (χ1) is 32.9. The van der Waals surface area contributed by atoms with Crippen LogP contribution < -0.4 is 0 Å². The van der Waals surface area contributed by atoms with Gasteiger partial charge in [0, 0.05) is 108 Å². The number of aliphatic imine (C=N–C) groups is 3. The van der Waals surface area contributed by atoms with Gasteiger partial charge in [-0.1, -0.05) is 117 Å². The average Bonchev–Trinajstić information content (AvgIpc) is 4.14. The van der Waals surface area contributed by atoms with E-state index in [4.69, 9.17) is 0 Å². The normalized spacial score (nSPS) is 16.4. The molecule has 0 radical (unpaired) electrons. The highest BCUT2D eigenvalue weighted by molar-refractivity contribution is 5.85. The van der Waals surface area contributed by atoms with Gasteiger partial charge < -0.3 is 9.47 Å². The van der Waals surface area contributed by atoms with Crippen molar-refractivity contribution in [2.75, 3.05) is 27.3 Å². The lowest BCUT2D eigenvalue weighted by atomic mass is 10.0. The Hall–Kier alpha value is -5.75. The maximum absolute atomic E-state index is 4.34. The number of aryl methyl sites for hydroxylation is 3. The summed E-state index contributed by atoms with van der Waals surface area (Å²) in [7, 11) is 9.94. The van der Waals surface area contributed by atoms with E-state index in [2.05, 4.69) is 218 Å². The van der Waals surface area contributed by atoms with E-state index < -0.39 is 0 Å². The van der Waals surface area contributed by atoms with E-state index in [-0.39, 0.29) is 0 Å². The van der Waals surface area contributed by atoms with E-state index in [0.717, 1.165) is 54.4 Å². The molecule has 0 saturated heterocycles. The Labute approximate surface area is 422 Å². The van der Waals surface area contributed by atoms with Crippen molar-refractivity contribution < 1.29 is 0 Å². The van der Waals surface area contributed by atoms with Crippen LogP contribution in [0.25, 0.3) is 0 Å². The number of nitrogens with one attached hydrogen (secondary N) is 1. The van der Waals surface area contributed by atoms with Gasteiger partial charge in [0.05, 0.1) is 25.0 Å². The van der Waals surface area contributed by atoms with Crippen LogP contribution in [0.4, 0.5) is 0 Å². The summed E-state index contributed by atoms with van der Waals surface area (Å²) < 4.78 is 5.56. The molecular formula is C51H93N19. The number of allylic oxidation sites excluding steroid dienone is 2. The fourth-order valence-electron chi connectivity index (χ4n) is 6.85. The molecule has 8 heterocycles. The minimum Gasteiger partial charge on any atom is -0.361 e. The summed E-state index contributed by atoms with van der Waals surface area (Å²) in [5, 5.41) is 28.5. The van der Waals surface area contributed by atoms with Crippen LogP contribution in [0.3, 0.4) is 0 Å². The highest BCUT2D eigenvalue weighted by atomic mass is 15.5. The van der Waals surface area contributed by atoms with Crippen LogP contribution in [-0.4, -0.2) is 128 Å². The van der Waals surface area contributed by atoms with Crippen molar-refractivity contribution in [3.8, 4) is 0 Å². The summed E-state index contributed by atoms with van der Waals surface area (Å²) >= 11 is 0. The number of H-pyrrole nitrogens is 1. The van der Waals surface area contributed by atoms with Gasteiger partial charge in [-0.05, 0) is 24.7 Å². The molecule has 0 fully saturated rings. The van der Waals surface area contributed by atoms with Gasteiger partial charge in [0.15, 0.2) is 12.5 Å². The van der Waals surface area contributed by atoms with Gasteiger partial charge in [-0.15, -0.1) is 5.11 Å². The molecule has 0 aliphatic carbocycles. The van der Waals surface area contributed by atoms with Crippen molar-refractivity contribution >= 4 is 24.1 Å². The van der Waals surface area contributed by atoms with E-state index in [9.17, 15) is 0 Å². The van der Waals surface area contributed by atoms with E-state index in [0.29, 0.717) is 60.2 Å². The summed E-state index contributed by atoms with van der Waals surface area (Å²) in [6, 6.07) is 1.28. The molecule has 8 rings (SSSR count). The van der Waals surface area contributed by atoms with Crippen molar-refractivity contribution in [3.05, 3.63) is 66.4 Å². The van der Waals surface area contributed by atoms with Gasteiger partial charge in [0.2, 0.25) is 0 Å². The van der Waals surface area contributed by atoms with Crippen LogP contribution in [0.5, 0.6) is 0 Å². The molecule has 4 aliphatic rings. The second kappa shape index (κ2) is 32.9. The smallest absolute Gasteiger partial charge is 0.153 e. The van der Waals surface area contributed by atoms with Gasteiger partial charge >= 0.3 is 0 Å². The standard InChI is InChI=1S/C8H16N2.C7H14N2.C7H12N2.C7H11N.2C6H11N3.2C5H9N3/c1-6(2)8-5-7(3)9-10(8)4;1-6(2)7-4-8-5-9(7)3;1-6(2)7-8-4-5-9(7)3;1-6(2)7-4-3-5-8-7;1-5(2)6-7-4-9(3)8-6;1-5(2)6-7-4-8-9(6)3;2*1-4(2)5-6-3-7-8-5/h6,8H,5H2,1-4H3;5-7H,4H2,1-3H3;4-6H,1-3H3;4-6H,3H2,1-2H3;2*4-5H,1-3H3;4H,3H2,1-2H3;3-4H,1-2H3,(H,6,7,8). The Morgan fingerprint density at radius 1 is 0.686 bits per heavy atom. The van der Waals surface area contributed by atoms with Crippen LogP contribution in [0.15, 0.2) is 73.5 Å². The number of hydrogen-bond acceptors (Lipinski definition) is 15. The van der Waals surface area contributed by atoms with Crippen molar-refractivity contribution in [2.24, 2.45) is 75.1 Å². The lowest BCUT2D eigenvalue weighted by Crippen LogP contribution is -2.32. The molecule has 0 saturated carbocycles. The van der Waals surface area contributed by atoms with Crippen LogP contribution in [-0.2, 0) is 21.1 Å². The van der Waals surface area contributed by atoms with Crippen molar-refractivity contribution in [2.45, 2.75) is 166 Å². The molecule has 4 aliphatic heterocycles. The molecule has 19 nitrogen and oxygen atoms in total. The number of aromatic amines is 1. The third-order valence-electron chi connectivity index (χ3n) is 10.9. The molecule has 0 spiro atoms. The highest BCUT2D eigenvalue weighted by Gasteiger charge is 2.23. The number of amidine groups is 1. The van der Waals surface area contributed by atoms with E-state index in [1.165, 1.54) is 17.7 Å². The molecule has 4 aromatic heterocycles. The fourth-order valence-corrected chi connectivity index (χ4v) is 6.85. The second-order valence-electron chi connectivity index (χ2n) is 20.2. The Morgan fingerprint density at radius 3 is 1.57 bits per heavy atom. The van der Waals surface area contributed by atoms with Gasteiger partial charge in [-0.3, -0.25) is 29.5 Å². The Balaban J connectivity index is 0.000000400. The number of imidazole rings is 1. The van der Waals surface area contributed by atoms with Gasteiger partial charge in [0.25, 0.3) is 0 Å². The Morgan fingerprint density at radius 2 is 1.34 bits per heavy atom. The molecular weight excluding hydrogens is 879 g/mol. The molecule has 2 atom stereocenters. The lowest BCUT2D eigenvalue weighted by Gasteiger charge is -2.22. The van der Waals surface area contributed by atoms with E-state index >= 15 is 0 Å². The molecule has 0 aromatic carbocycles. The Bertz CT molecular complexity index is 2080. The predicted octanol–water partition coefficient (Wildman–Crippen LogP) is 10.5. The molecule has 70 heavy (non-hydrogen) atoms. The zero-order valence-electron chi connectivity index (χ0n) is 47.3. The van der Waals surface area contributed by atoms with Crippen LogP contribution in [0.1, 0.15) is 178 Å². The molecule has 19 heteroatoms. The quantitative estimate of drug-likeness (QED) is 0.178. The summed E-state index contributed by atoms with van der Waals surface area (Å²) in [5.74, 6) is 9.29. The van der Waals surface area contributed by atoms with Crippen LogP contribution >= 0.6 is 0 Å². The zero-order chi connectivity index (χ0) is 53.1. The fraction of sp³-hybridized carbons (Fsp3) is 0.706. The number of rotatable bonds is 8. The number of hydrazone groups is 1. The number of nitrogens with zero attached hydrogens (tertiary/aromatic N) is 18. The maximum Gasteiger partial charge on any atom is 0.153 e. The minimum atomic E-state index is 0.432. The first kappa shape index (κ1) is 62.3. The third kappa shape index (κ3) is 24.2. The molecule has 0 amide bonds. The summed E-state index contributed by atoms with van der Waals surface area (Å²) in [6.07, 6.45) is 16.8.